The molecule has 2 aromatic heterocycles. The maximum absolute atomic E-state index is 6.12. The molecule has 0 aliphatic rings. The van der Waals surface area contributed by atoms with Crippen molar-refractivity contribution < 1.29 is 4.42 Å². The zero-order valence-electron chi connectivity index (χ0n) is 10.3. The summed E-state index contributed by atoms with van der Waals surface area (Å²) in [5.41, 5.74) is 8.60. The van der Waals surface area contributed by atoms with Crippen molar-refractivity contribution in [3.05, 3.63) is 60.2 Å². The minimum Gasteiger partial charge on any atom is -0.468 e. The highest BCUT2D eigenvalue weighted by Gasteiger charge is 2.10. The van der Waals surface area contributed by atoms with Crippen molar-refractivity contribution in [2.24, 2.45) is 12.8 Å². The second kappa shape index (κ2) is 4.35. The third-order valence-electron chi connectivity index (χ3n) is 3.31. The average Bonchev–Trinajstić information content (AvgIpc) is 2.99. The van der Waals surface area contributed by atoms with Gasteiger partial charge >= 0.3 is 0 Å². The third-order valence-corrected chi connectivity index (χ3v) is 3.31. The molecule has 0 fully saturated rings. The molecule has 0 spiro atoms. The van der Waals surface area contributed by atoms with Crippen LogP contribution in [0.5, 0.6) is 0 Å². The summed E-state index contributed by atoms with van der Waals surface area (Å²) in [6.07, 6.45) is 4.52. The number of aryl methyl sites for hydroxylation is 1. The molecule has 3 nitrogen and oxygen atoms in total. The van der Waals surface area contributed by atoms with Crippen molar-refractivity contribution in [1.29, 1.82) is 0 Å². The fraction of sp³-hybridized carbons (Fsp3) is 0.200. The Balaban J connectivity index is 1.86. The standard InChI is InChI=1S/C15H16N2O/c1-17-7-6-12-9-11(4-5-14(12)17)10-13(16)15-3-2-8-18-15/h2-9,13H,10,16H2,1H3. The van der Waals surface area contributed by atoms with Crippen LogP contribution >= 0.6 is 0 Å². The van der Waals surface area contributed by atoms with E-state index in [1.165, 1.54) is 16.5 Å². The Morgan fingerprint density at radius 3 is 2.94 bits per heavy atom. The van der Waals surface area contributed by atoms with Crippen LogP contribution in [0.1, 0.15) is 17.4 Å². The number of benzene rings is 1. The van der Waals surface area contributed by atoms with Crippen LogP contribution in [0.2, 0.25) is 0 Å². The lowest BCUT2D eigenvalue weighted by atomic mass is 10.0. The van der Waals surface area contributed by atoms with Gasteiger partial charge in [-0.2, -0.15) is 0 Å². The lowest BCUT2D eigenvalue weighted by Gasteiger charge is -2.09. The summed E-state index contributed by atoms with van der Waals surface area (Å²) in [6.45, 7) is 0. The predicted molar refractivity (Wildman–Crippen MR) is 72.3 cm³/mol. The summed E-state index contributed by atoms with van der Waals surface area (Å²) in [6, 6.07) is 12.3. The second-order valence-electron chi connectivity index (χ2n) is 4.65. The molecule has 0 saturated heterocycles. The predicted octanol–water partition coefficient (Wildman–Crippen LogP) is 3.01. The Kier molecular flexibility index (Phi) is 2.68. The largest absolute Gasteiger partial charge is 0.468 e. The van der Waals surface area contributed by atoms with E-state index in [4.69, 9.17) is 10.2 Å². The molecular formula is C15H16N2O. The zero-order valence-corrected chi connectivity index (χ0v) is 10.3. The number of aromatic nitrogens is 1. The topological polar surface area (TPSA) is 44.1 Å². The van der Waals surface area contributed by atoms with Crippen LogP contribution in [0.4, 0.5) is 0 Å². The fourth-order valence-corrected chi connectivity index (χ4v) is 2.31. The molecule has 3 heteroatoms. The molecule has 1 unspecified atom stereocenters. The van der Waals surface area contributed by atoms with Crippen molar-refractivity contribution in [3.63, 3.8) is 0 Å². The molecular weight excluding hydrogens is 224 g/mol. The van der Waals surface area contributed by atoms with Crippen molar-refractivity contribution in [1.82, 2.24) is 4.57 Å². The molecule has 0 amide bonds. The van der Waals surface area contributed by atoms with Gasteiger partial charge in [0, 0.05) is 18.8 Å². The quantitative estimate of drug-likeness (QED) is 0.764. The van der Waals surface area contributed by atoms with Crippen LogP contribution < -0.4 is 5.73 Å². The first-order chi connectivity index (χ1) is 8.74. The lowest BCUT2D eigenvalue weighted by Crippen LogP contribution is -2.12. The molecule has 0 radical (unpaired) electrons. The lowest BCUT2D eigenvalue weighted by molar-refractivity contribution is 0.465. The maximum atomic E-state index is 6.12. The number of nitrogens with zero attached hydrogens (tertiary/aromatic N) is 1. The summed E-state index contributed by atoms with van der Waals surface area (Å²) in [5, 5.41) is 1.25. The van der Waals surface area contributed by atoms with Gasteiger partial charge in [-0.15, -0.1) is 0 Å². The van der Waals surface area contributed by atoms with Gasteiger partial charge < -0.3 is 14.7 Å². The van der Waals surface area contributed by atoms with Gasteiger partial charge in [-0.1, -0.05) is 6.07 Å². The van der Waals surface area contributed by atoms with E-state index in [0.29, 0.717) is 0 Å². The van der Waals surface area contributed by atoms with Crippen molar-refractivity contribution in [2.75, 3.05) is 0 Å². The maximum Gasteiger partial charge on any atom is 0.120 e. The van der Waals surface area contributed by atoms with Crippen LogP contribution in [0.3, 0.4) is 0 Å². The first kappa shape index (κ1) is 11.1. The van der Waals surface area contributed by atoms with Crippen LogP contribution in [-0.4, -0.2) is 4.57 Å². The first-order valence-corrected chi connectivity index (χ1v) is 6.07. The van der Waals surface area contributed by atoms with Gasteiger partial charge in [0.2, 0.25) is 0 Å². The highest BCUT2D eigenvalue weighted by molar-refractivity contribution is 5.80. The molecule has 18 heavy (non-hydrogen) atoms. The van der Waals surface area contributed by atoms with Crippen LogP contribution in [0.15, 0.2) is 53.3 Å². The molecule has 1 aromatic carbocycles. The van der Waals surface area contributed by atoms with Gasteiger partial charge in [0.05, 0.1) is 12.3 Å². The van der Waals surface area contributed by atoms with Crippen molar-refractivity contribution in [2.45, 2.75) is 12.5 Å². The van der Waals surface area contributed by atoms with E-state index in [2.05, 4.69) is 42.1 Å². The van der Waals surface area contributed by atoms with E-state index >= 15 is 0 Å². The van der Waals surface area contributed by atoms with E-state index in [9.17, 15) is 0 Å². The van der Waals surface area contributed by atoms with Gasteiger partial charge in [-0.05, 0) is 47.7 Å². The minimum absolute atomic E-state index is 0.0823. The van der Waals surface area contributed by atoms with E-state index in [1.807, 2.05) is 12.1 Å². The third kappa shape index (κ3) is 1.93. The summed E-state index contributed by atoms with van der Waals surface area (Å²) >= 11 is 0. The summed E-state index contributed by atoms with van der Waals surface area (Å²) < 4.78 is 7.45. The Morgan fingerprint density at radius 1 is 1.28 bits per heavy atom. The van der Waals surface area contributed by atoms with Crippen molar-refractivity contribution >= 4 is 10.9 Å². The molecule has 0 saturated carbocycles. The monoisotopic (exact) mass is 240 g/mol. The van der Waals surface area contributed by atoms with E-state index in [0.717, 1.165) is 12.2 Å². The number of rotatable bonds is 3. The highest BCUT2D eigenvalue weighted by atomic mass is 16.3. The molecule has 92 valence electrons. The zero-order chi connectivity index (χ0) is 12.5. The molecule has 3 rings (SSSR count). The van der Waals surface area contributed by atoms with Gasteiger partial charge in [0.1, 0.15) is 5.76 Å². The smallest absolute Gasteiger partial charge is 0.120 e. The number of furan rings is 1. The molecule has 0 bridgehead atoms. The van der Waals surface area contributed by atoms with Gasteiger partial charge in [0.15, 0.2) is 0 Å². The van der Waals surface area contributed by atoms with E-state index in [1.54, 1.807) is 6.26 Å². The summed E-state index contributed by atoms with van der Waals surface area (Å²) in [4.78, 5) is 0. The molecule has 3 aromatic rings. The Bertz CT molecular complexity index is 652. The van der Waals surface area contributed by atoms with Gasteiger partial charge in [-0.25, -0.2) is 0 Å². The molecule has 0 aliphatic heterocycles. The number of hydrogen-bond donors (Lipinski definition) is 1. The van der Waals surface area contributed by atoms with Crippen LogP contribution in [0, 0.1) is 0 Å². The second-order valence-corrected chi connectivity index (χ2v) is 4.65. The van der Waals surface area contributed by atoms with Crippen LogP contribution in [0.25, 0.3) is 10.9 Å². The average molecular weight is 240 g/mol. The molecule has 0 aliphatic carbocycles. The fourth-order valence-electron chi connectivity index (χ4n) is 2.31. The van der Waals surface area contributed by atoms with Crippen molar-refractivity contribution in [3.8, 4) is 0 Å². The minimum atomic E-state index is -0.0823. The van der Waals surface area contributed by atoms with Gasteiger partial charge in [0.25, 0.3) is 0 Å². The summed E-state index contributed by atoms with van der Waals surface area (Å²) in [7, 11) is 2.05. The van der Waals surface area contributed by atoms with E-state index < -0.39 is 0 Å². The Labute approximate surface area is 106 Å². The highest BCUT2D eigenvalue weighted by Crippen LogP contribution is 2.21. The molecule has 2 N–H and O–H groups in total. The van der Waals surface area contributed by atoms with E-state index in [-0.39, 0.29) is 6.04 Å². The molecule has 2 heterocycles. The number of fused-ring (bicyclic) bond motifs is 1. The number of nitrogens with two attached hydrogens (primary N) is 1. The molecule has 1 atom stereocenters. The van der Waals surface area contributed by atoms with Gasteiger partial charge in [-0.3, -0.25) is 0 Å². The normalized spacial score (nSPS) is 13.0. The Hall–Kier alpha value is -2.00. The first-order valence-electron chi connectivity index (χ1n) is 6.07. The van der Waals surface area contributed by atoms with Crippen LogP contribution in [-0.2, 0) is 13.5 Å². The SMILES string of the molecule is Cn1ccc2cc(CC(N)c3ccco3)ccc21. The Morgan fingerprint density at radius 2 is 2.17 bits per heavy atom. The number of hydrogen-bond acceptors (Lipinski definition) is 2. The summed E-state index contributed by atoms with van der Waals surface area (Å²) in [5.74, 6) is 0.836.